The SMILES string of the molecule is CNC(C)Cc1cc2c(cc1OC)OOC2. The Morgan fingerprint density at radius 3 is 3.00 bits per heavy atom. The maximum atomic E-state index is 5.35. The van der Waals surface area contributed by atoms with Crippen molar-refractivity contribution in [1.82, 2.24) is 5.32 Å². The molecule has 0 spiro atoms. The van der Waals surface area contributed by atoms with E-state index in [-0.39, 0.29) is 0 Å². The fraction of sp³-hybridized carbons (Fsp3) is 0.500. The summed E-state index contributed by atoms with van der Waals surface area (Å²) >= 11 is 0. The highest BCUT2D eigenvalue weighted by Gasteiger charge is 2.18. The number of hydrogen-bond donors (Lipinski definition) is 1. The molecule has 0 saturated heterocycles. The van der Waals surface area contributed by atoms with Gasteiger partial charge in [0.2, 0.25) is 0 Å². The number of ether oxygens (including phenoxy) is 1. The van der Waals surface area contributed by atoms with Gasteiger partial charge in [0.15, 0.2) is 5.75 Å². The first-order valence-corrected chi connectivity index (χ1v) is 5.41. The van der Waals surface area contributed by atoms with Crippen molar-refractivity contribution < 1.29 is 14.5 Å². The molecule has 1 aromatic rings. The van der Waals surface area contributed by atoms with E-state index < -0.39 is 0 Å². The van der Waals surface area contributed by atoms with Crippen LogP contribution < -0.4 is 14.9 Å². The third kappa shape index (κ3) is 2.13. The van der Waals surface area contributed by atoms with E-state index in [1.54, 1.807) is 7.11 Å². The third-order valence-corrected chi connectivity index (χ3v) is 2.85. The molecule has 1 atom stereocenters. The summed E-state index contributed by atoms with van der Waals surface area (Å²) in [6.07, 6.45) is 0.924. The van der Waals surface area contributed by atoms with Gasteiger partial charge in [0.1, 0.15) is 12.4 Å². The van der Waals surface area contributed by atoms with Crippen molar-refractivity contribution in [3.8, 4) is 11.5 Å². The Labute approximate surface area is 95.4 Å². The molecule has 0 amide bonds. The molecule has 1 aliphatic rings. The molecule has 0 fully saturated rings. The van der Waals surface area contributed by atoms with Crippen molar-refractivity contribution in [2.24, 2.45) is 0 Å². The first-order chi connectivity index (χ1) is 7.74. The Morgan fingerprint density at radius 1 is 1.50 bits per heavy atom. The van der Waals surface area contributed by atoms with Crippen molar-refractivity contribution in [3.05, 3.63) is 23.3 Å². The zero-order chi connectivity index (χ0) is 11.5. The summed E-state index contributed by atoms with van der Waals surface area (Å²) in [5.41, 5.74) is 2.26. The van der Waals surface area contributed by atoms with Gasteiger partial charge in [-0.25, -0.2) is 0 Å². The van der Waals surface area contributed by atoms with Crippen molar-refractivity contribution in [2.75, 3.05) is 14.2 Å². The van der Waals surface area contributed by atoms with E-state index in [9.17, 15) is 0 Å². The summed E-state index contributed by atoms with van der Waals surface area (Å²) in [5.74, 6) is 1.61. The highest BCUT2D eigenvalue weighted by Crippen LogP contribution is 2.33. The van der Waals surface area contributed by atoms with E-state index in [1.807, 2.05) is 13.1 Å². The number of hydrogen-bond acceptors (Lipinski definition) is 4. The first-order valence-electron chi connectivity index (χ1n) is 5.41. The topological polar surface area (TPSA) is 39.7 Å². The van der Waals surface area contributed by atoms with Crippen LogP contribution in [0.15, 0.2) is 12.1 Å². The summed E-state index contributed by atoms with van der Waals surface area (Å²) in [7, 11) is 3.63. The predicted octanol–water partition coefficient (Wildman–Crippen LogP) is 1.67. The molecule has 1 N–H and O–H groups in total. The van der Waals surface area contributed by atoms with E-state index in [2.05, 4.69) is 18.3 Å². The molecule has 88 valence electrons. The summed E-state index contributed by atoms with van der Waals surface area (Å²) < 4.78 is 5.35. The van der Waals surface area contributed by atoms with Crippen LogP contribution >= 0.6 is 0 Å². The van der Waals surface area contributed by atoms with E-state index in [4.69, 9.17) is 14.5 Å². The first kappa shape index (κ1) is 11.2. The van der Waals surface area contributed by atoms with E-state index in [1.165, 1.54) is 5.56 Å². The molecule has 0 aliphatic carbocycles. The van der Waals surface area contributed by atoms with Crippen LogP contribution in [0.1, 0.15) is 18.1 Å². The maximum absolute atomic E-state index is 5.35. The monoisotopic (exact) mass is 223 g/mol. The summed E-state index contributed by atoms with van der Waals surface area (Å²) in [6, 6.07) is 4.39. The Bertz CT molecular complexity index is 379. The molecule has 4 heteroatoms. The van der Waals surface area contributed by atoms with Crippen LogP contribution in [0.2, 0.25) is 0 Å². The average Bonchev–Trinajstić information content (AvgIpc) is 2.74. The van der Waals surface area contributed by atoms with Crippen molar-refractivity contribution in [3.63, 3.8) is 0 Å². The maximum Gasteiger partial charge on any atom is 0.174 e. The van der Waals surface area contributed by atoms with E-state index >= 15 is 0 Å². The van der Waals surface area contributed by atoms with Gasteiger partial charge in [0, 0.05) is 17.7 Å². The Morgan fingerprint density at radius 2 is 2.31 bits per heavy atom. The number of methoxy groups -OCH3 is 1. The van der Waals surface area contributed by atoms with Crippen LogP contribution in [0.5, 0.6) is 11.5 Å². The quantitative estimate of drug-likeness (QED) is 0.788. The molecule has 4 nitrogen and oxygen atoms in total. The molecule has 1 unspecified atom stereocenters. The van der Waals surface area contributed by atoms with Gasteiger partial charge in [-0.1, -0.05) is 0 Å². The molecule has 2 rings (SSSR count). The minimum absolute atomic E-state index is 0.412. The highest BCUT2D eigenvalue weighted by atomic mass is 17.2. The van der Waals surface area contributed by atoms with Crippen LogP contribution in [0, 0.1) is 0 Å². The van der Waals surface area contributed by atoms with Gasteiger partial charge in [-0.05, 0) is 32.0 Å². The third-order valence-electron chi connectivity index (χ3n) is 2.85. The minimum Gasteiger partial charge on any atom is -0.496 e. The van der Waals surface area contributed by atoms with Gasteiger partial charge in [-0.15, -0.1) is 0 Å². The Balaban J connectivity index is 2.28. The van der Waals surface area contributed by atoms with Gasteiger partial charge < -0.3 is 14.9 Å². The highest BCUT2D eigenvalue weighted by molar-refractivity contribution is 5.47. The average molecular weight is 223 g/mol. The van der Waals surface area contributed by atoms with Gasteiger partial charge in [-0.3, -0.25) is 0 Å². The fourth-order valence-corrected chi connectivity index (χ4v) is 1.79. The van der Waals surface area contributed by atoms with Gasteiger partial charge in [-0.2, -0.15) is 4.89 Å². The van der Waals surface area contributed by atoms with Crippen molar-refractivity contribution >= 4 is 0 Å². The molecule has 1 aliphatic heterocycles. The fourth-order valence-electron chi connectivity index (χ4n) is 1.79. The largest absolute Gasteiger partial charge is 0.496 e. The van der Waals surface area contributed by atoms with Crippen LogP contribution in [0.25, 0.3) is 0 Å². The molecule has 16 heavy (non-hydrogen) atoms. The van der Waals surface area contributed by atoms with Crippen LogP contribution in [0.4, 0.5) is 0 Å². The lowest BCUT2D eigenvalue weighted by molar-refractivity contribution is -0.194. The second kappa shape index (κ2) is 4.72. The van der Waals surface area contributed by atoms with Gasteiger partial charge in [0.05, 0.1) is 7.11 Å². The number of likely N-dealkylation sites (N-methyl/N-ethyl adjacent to an activating group) is 1. The molecule has 0 radical (unpaired) electrons. The Kier molecular flexibility index (Phi) is 3.31. The zero-order valence-electron chi connectivity index (χ0n) is 9.87. The normalized spacial score (nSPS) is 15.4. The predicted molar refractivity (Wildman–Crippen MR) is 60.6 cm³/mol. The molecule has 0 aromatic heterocycles. The molecule has 1 aromatic carbocycles. The summed E-state index contributed by atoms with van der Waals surface area (Å²) in [5, 5.41) is 3.21. The second-order valence-corrected chi connectivity index (χ2v) is 4.01. The number of nitrogens with one attached hydrogen (secondary N) is 1. The van der Waals surface area contributed by atoms with E-state index in [0.29, 0.717) is 12.6 Å². The molecular weight excluding hydrogens is 206 g/mol. The van der Waals surface area contributed by atoms with Crippen molar-refractivity contribution in [2.45, 2.75) is 26.0 Å². The lowest BCUT2D eigenvalue weighted by Crippen LogP contribution is -2.23. The lowest BCUT2D eigenvalue weighted by atomic mass is 10.0. The van der Waals surface area contributed by atoms with Crippen LogP contribution in [-0.2, 0) is 17.9 Å². The smallest absolute Gasteiger partial charge is 0.174 e. The molecule has 1 heterocycles. The standard InChI is InChI=1S/C12H17NO3/c1-8(13-2)4-9-5-10-7-15-16-12(10)6-11(9)14-3/h5-6,8,13H,4,7H2,1-3H3. The van der Waals surface area contributed by atoms with Gasteiger partial charge >= 0.3 is 0 Å². The van der Waals surface area contributed by atoms with Crippen LogP contribution in [-0.4, -0.2) is 20.2 Å². The second-order valence-electron chi connectivity index (χ2n) is 4.01. The number of rotatable bonds is 4. The lowest BCUT2D eigenvalue weighted by Gasteiger charge is -2.14. The summed E-state index contributed by atoms with van der Waals surface area (Å²) in [4.78, 5) is 9.96. The van der Waals surface area contributed by atoms with E-state index in [0.717, 1.165) is 23.5 Å². The summed E-state index contributed by atoms with van der Waals surface area (Å²) in [6.45, 7) is 2.65. The molecule has 0 saturated carbocycles. The van der Waals surface area contributed by atoms with Crippen LogP contribution in [0.3, 0.4) is 0 Å². The molecule has 0 bridgehead atoms. The van der Waals surface area contributed by atoms with Gasteiger partial charge in [0.25, 0.3) is 0 Å². The number of fused-ring (bicyclic) bond motifs is 1. The number of benzene rings is 1. The molecular formula is C12H17NO3. The Hall–Kier alpha value is -1.26. The van der Waals surface area contributed by atoms with Crippen molar-refractivity contribution in [1.29, 1.82) is 0 Å². The minimum atomic E-state index is 0.412. The zero-order valence-corrected chi connectivity index (χ0v) is 9.87.